The molecular weight excluding hydrogens is 256 g/mol. The normalized spacial score (nSPS) is 29.4. The summed E-state index contributed by atoms with van der Waals surface area (Å²) < 4.78 is 5.31. The van der Waals surface area contributed by atoms with Crippen LogP contribution in [-0.4, -0.2) is 61.0 Å². The maximum Gasteiger partial charge on any atom is 0.228 e. The first-order chi connectivity index (χ1) is 9.63. The number of carbonyl (C=O) groups excluding carboxylic acids is 2. The first-order valence-corrected chi connectivity index (χ1v) is 7.78. The average Bonchev–Trinajstić information content (AvgIpc) is 3.07. The van der Waals surface area contributed by atoms with Gasteiger partial charge in [-0.15, -0.1) is 0 Å². The minimum absolute atomic E-state index is 0.0707. The van der Waals surface area contributed by atoms with Gasteiger partial charge in [0.25, 0.3) is 0 Å². The van der Waals surface area contributed by atoms with E-state index in [1.807, 2.05) is 16.7 Å². The summed E-state index contributed by atoms with van der Waals surface area (Å²) in [5.41, 5.74) is 0.135. The molecular formula is C15H24N2O3. The lowest BCUT2D eigenvalue weighted by Crippen LogP contribution is -2.46. The number of rotatable bonds is 2. The van der Waals surface area contributed by atoms with Crippen molar-refractivity contribution in [2.24, 2.45) is 11.3 Å². The Bertz CT molecular complexity index is 396. The smallest absolute Gasteiger partial charge is 0.228 e. The summed E-state index contributed by atoms with van der Waals surface area (Å²) >= 11 is 0. The van der Waals surface area contributed by atoms with Gasteiger partial charge in [-0.05, 0) is 26.2 Å². The number of carbonyl (C=O) groups is 2. The van der Waals surface area contributed by atoms with Crippen molar-refractivity contribution in [1.82, 2.24) is 9.80 Å². The van der Waals surface area contributed by atoms with E-state index in [0.717, 1.165) is 45.4 Å². The van der Waals surface area contributed by atoms with Crippen molar-refractivity contribution >= 4 is 11.8 Å². The molecule has 0 radical (unpaired) electrons. The summed E-state index contributed by atoms with van der Waals surface area (Å²) in [6.45, 7) is 6.65. The zero-order chi connectivity index (χ0) is 14.2. The van der Waals surface area contributed by atoms with Crippen LogP contribution in [0.3, 0.4) is 0 Å². The number of piperidine rings is 1. The average molecular weight is 280 g/mol. The highest BCUT2D eigenvalue weighted by Crippen LogP contribution is 2.41. The predicted molar refractivity (Wildman–Crippen MR) is 74.0 cm³/mol. The molecule has 0 aliphatic carbocycles. The van der Waals surface area contributed by atoms with Gasteiger partial charge in [-0.2, -0.15) is 0 Å². The van der Waals surface area contributed by atoms with Crippen LogP contribution in [0.2, 0.25) is 0 Å². The van der Waals surface area contributed by atoms with E-state index < -0.39 is 0 Å². The van der Waals surface area contributed by atoms with Gasteiger partial charge in [-0.1, -0.05) is 0 Å². The molecule has 3 heterocycles. The van der Waals surface area contributed by atoms with Crippen molar-refractivity contribution in [3.63, 3.8) is 0 Å². The molecule has 0 bridgehead atoms. The molecule has 112 valence electrons. The van der Waals surface area contributed by atoms with Crippen molar-refractivity contribution in [3.8, 4) is 0 Å². The summed E-state index contributed by atoms with van der Waals surface area (Å²) in [6.07, 6.45) is 3.47. The third kappa shape index (κ3) is 2.43. The molecule has 1 unspecified atom stereocenters. The van der Waals surface area contributed by atoms with Gasteiger partial charge in [-0.3, -0.25) is 9.59 Å². The van der Waals surface area contributed by atoms with E-state index in [1.165, 1.54) is 0 Å². The third-order valence-electron chi connectivity index (χ3n) is 5.20. The number of amides is 2. The molecule has 3 fully saturated rings. The highest BCUT2D eigenvalue weighted by atomic mass is 16.5. The molecule has 0 N–H and O–H groups in total. The summed E-state index contributed by atoms with van der Waals surface area (Å²) in [5, 5.41) is 0. The highest BCUT2D eigenvalue weighted by molar-refractivity contribution is 5.80. The Morgan fingerprint density at radius 2 is 2.15 bits per heavy atom. The van der Waals surface area contributed by atoms with Gasteiger partial charge < -0.3 is 14.5 Å². The van der Waals surface area contributed by atoms with Crippen molar-refractivity contribution in [2.45, 2.75) is 32.6 Å². The Morgan fingerprint density at radius 1 is 1.40 bits per heavy atom. The van der Waals surface area contributed by atoms with Gasteiger partial charge in [0, 0.05) is 44.6 Å². The molecule has 3 saturated heterocycles. The Balaban J connectivity index is 1.57. The fourth-order valence-corrected chi connectivity index (χ4v) is 3.79. The molecule has 0 saturated carbocycles. The van der Waals surface area contributed by atoms with Gasteiger partial charge in [0.05, 0.1) is 12.5 Å². The zero-order valence-electron chi connectivity index (χ0n) is 12.3. The Hall–Kier alpha value is -1.10. The van der Waals surface area contributed by atoms with E-state index in [4.69, 9.17) is 4.74 Å². The van der Waals surface area contributed by atoms with Gasteiger partial charge >= 0.3 is 0 Å². The number of hydrogen-bond acceptors (Lipinski definition) is 3. The van der Waals surface area contributed by atoms with Gasteiger partial charge in [0.2, 0.25) is 11.8 Å². The van der Waals surface area contributed by atoms with Crippen LogP contribution in [0.1, 0.15) is 32.6 Å². The second kappa shape index (κ2) is 5.35. The van der Waals surface area contributed by atoms with E-state index in [-0.39, 0.29) is 23.1 Å². The Labute approximate surface area is 120 Å². The SMILES string of the molecule is CCN1CC2(CCN(C(=O)C3CCOC3)CC2)CC1=O. The van der Waals surface area contributed by atoms with Crippen LogP contribution < -0.4 is 0 Å². The van der Waals surface area contributed by atoms with E-state index >= 15 is 0 Å². The van der Waals surface area contributed by atoms with Crippen LogP contribution in [0.15, 0.2) is 0 Å². The number of hydrogen-bond donors (Lipinski definition) is 0. The summed E-state index contributed by atoms with van der Waals surface area (Å²) in [6, 6.07) is 0. The molecule has 5 heteroatoms. The highest BCUT2D eigenvalue weighted by Gasteiger charge is 2.45. The molecule has 5 nitrogen and oxygen atoms in total. The second-order valence-corrected chi connectivity index (χ2v) is 6.47. The van der Waals surface area contributed by atoms with Crippen LogP contribution in [-0.2, 0) is 14.3 Å². The quantitative estimate of drug-likeness (QED) is 0.754. The van der Waals surface area contributed by atoms with E-state index in [1.54, 1.807) is 0 Å². The van der Waals surface area contributed by atoms with Crippen LogP contribution in [0, 0.1) is 11.3 Å². The van der Waals surface area contributed by atoms with Crippen LogP contribution in [0.4, 0.5) is 0 Å². The molecule has 1 atom stereocenters. The largest absolute Gasteiger partial charge is 0.381 e. The van der Waals surface area contributed by atoms with Gasteiger partial charge in [0.1, 0.15) is 0 Å². The zero-order valence-corrected chi connectivity index (χ0v) is 12.3. The lowest BCUT2D eigenvalue weighted by Gasteiger charge is -2.39. The second-order valence-electron chi connectivity index (χ2n) is 6.47. The first-order valence-electron chi connectivity index (χ1n) is 7.78. The number of ether oxygens (including phenoxy) is 1. The van der Waals surface area contributed by atoms with Crippen molar-refractivity contribution in [3.05, 3.63) is 0 Å². The lowest BCUT2D eigenvalue weighted by molar-refractivity contribution is -0.137. The lowest BCUT2D eigenvalue weighted by atomic mass is 9.77. The summed E-state index contributed by atoms with van der Waals surface area (Å²) in [4.78, 5) is 28.2. The fraction of sp³-hybridized carbons (Fsp3) is 0.867. The molecule has 3 aliphatic heterocycles. The van der Waals surface area contributed by atoms with E-state index in [2.05, 4.69) is 0 Å². The number of nitrogens with zero attached hydrogens (tertiary/aromatic N) is 2. The third-order valence-corrected chi connectivity index (χ3v) is 5.20. The maximum atomic E-state index is 12.4. The standard InChI is InChI=1S/C15H24N2O3/c1-2-16-11-15(9-13(16)18)4-6-17(7-5-15)14(19)12-3-8-20-10-12/h12H,2-11H2,1H3. The van der Waals surface area contributed by atoms with Crippen molar-refractivity contribution in [2.75, 3.05) is 39.4 Å². The number of likely N-dealkylation sites (tertiary alicyclic amines) is 2. The van der Waals surface area contributed by atoms with E-state index in [0.29, 0.717) is 19.6 Å². The van der Waals surface area contributed by atoms with E-state index in [9.17, 15) is 9.59 Å². The van der Waals surface area contributed by atoms with Crippen molar-refractivity contribution in [1.29, 1.82) is 0 Å². The predicted octanol–water partition coefficient (Wildman–Crippen LogP) is 0.884. The monoisotopic (exact) mass is 280 g/mol. The summed E-state index contributed by atoms with van der Waals surface area (Å²) in [5.74, 6) is 0.617. The van der Waals surface area contributed by atoms with Crippen LogP contribution in [0.25, 0.3) is 0 Å². The minimum atomic E-state index is 0.0707. The maximum absolute atomic E-state index is 12.4. The summed E-state index contributed by atoms with van der Waals surface area (Å²) in [7, 11) is 0. The Morgan fingerprint density at radius 3 is 2.70 bits per heavy atom. The Kier molecular flexibility index (Phi) is 3.71. The van der Waals surface area contributed by atoms with Crippen LogP contribution >= 0.6 is 0 Å². The molecule has 2 amide bonds. The fourth-order valence-electron chi connectivity index (χ4n) is 3.79. The van der Waals surface area contributed by atoms with Crippen LogP contribution in [0.5, 0.6) is 0 Å². The topological polar surface area (TPSA) is 49.9 Å². The molecule has 3 rings (SSSR count). The molecule has 0 aromatic rings. The molecule has 1 spiro atoms. The van der Waals surface area contributed by atoms with Gasteiger partial charge in [0.15, 0.2) is 0 Å². The minimum Gasteiger partial charge on any atom is -0.381 e. The molecule has 20 heavy (non-hydrogen) atoms. The molecule has 3 aliphatic rings. The van der Waals surface area contributed by atoms with Gasteiger partial charge in [-0.25, -0.2) is 0 Å². The van der Waals surface area contributed by atoms with Crippen molar-refractivity contribution < 1.29 is 14.3 Å². The molecule has 0 aromatic heterocycles. The molecule has 0 aromatic carbocycles. The first kappa shape index (κ1) is 13.9.